The lowest BCUT2D eigenvalue weighted by Crippen LogP contribution is -2.25. The topological polar surface area (TPSA) is 45.1 Å². The second-order valence-electron chi connectivity index (χ2n) is 4.12. The van der Waals surface area contributed by atoms with Gasteiger partial charge in [-0.05, 0) is 19.3 Å². The summed E-state index contributed by atoms with van der Waals surface area (Å²) in [5.41, 5.74) is 0.914. The monoisotopic (exact) mass is 198 g/mol. The SMILES string of the molecule is O/N=C1\CCN(CCC2CCCO2)C1. The highest BCUT2D eigenvalue weighted by atomic mass is 16.5. The number of hydrogen-bond donors (Lipinski definition) is 1. The van der Waals surface area contributed by atoms with Gasteiger partial charge in [-0.1, -0.05) is 5.16 Å². The third-order valence-electron chi connectivity index (χ3n) is 3.06. The first kappa shape index (κ1) is 9.93. The average Bonchev–Trinajstić information content (AvgIpc) is 2.86. The molecule has 0 saturated carbocycles. The normalized spacial score (nSPS) is 31.7. The van der Waals surface area contributed by atoms with Gasteiger partial charge in [-0.25, -0.2) is 0 Å². The van der Waals surface area contributed by atoms with Gasteiger partial charge in [0.1, 0.15) is 0 Å². The summed E-state index contributed by atoms with van der Waals surface area (Å²) >= 11 is 0. The van der Waals surface area contributed by atoms with Gasteiger partial charge in [-0.15, -0.1) is 0 Å². The lowest BCUT2D eigenvalue weighted by atomic mass is 10.2. The van der Waals surface area contributed by atoms with Gasteiger partial charge in [0, 0.05) is 32.7 Å². The van der Waals surface area contributed by atoms with Gasteiger partial charge in [-0.2, -0.15) is 0 Å². The Balaban J connectivity index is 1.66. The zero-order valence-electron chi connectivity index (χ0n) is 8.48. The third kappa shape index (κ3) is 2.45. The van der Waals surface area contributed by atoms with Crippen molar-refractivity contribution in [1.29, 1.82) is 0 Å². The zero-order valence-corrected chi connectivity index (χ0v) is 8.48. The van der Waals surface area contributed by atoms with Crippen LogP contribution in [-0.4, -0.2) is 48.2 Å². The molecule has 0 aromatic heterocycles. The minimum Gasteiger partial charge on any atom is -0.411 e. The first-order valence-corrected chi connectivity index (χ1v) is 5.42. The van der Waals surface area contributed by atoms with Crippen molar-refractivity contribution in [3.05, 3.63) is 0 Å². The van der Waals surface area contributed by atoms with Crippen LogP contribution in [0.25, 0.3) is 0 Å². The molecular weight excluding hydrogens is 180 g/mol. The van der Waals surface area contributed by atoms with Crippen LogP contribution in [-0.2, 0) is 4.74 Å². The predicted octanol–water partition coefficient (Wildman–Crippen LogP) is 1.09. The number of hydrogen-bond acceptors (Lipinski definition) is 4. The summed E-state index contributed by atoms with van der Waals surface area (Å²) in [6.45, 7) is 3.88. The molecule has 0 aromatic carbocycles. The van der Waals surface area contributed by atoms with E-state index in [4.69, 9.17) is 9.94 Å². The maximum absolute atomic E-state index is 8.60. The van der Waals surface area contributed by atoms with Crippen molar-refractivity contribution < 1.29 is 9.94 Å². The van der Waals surface area contributed by atoms with Gasteiger partial charge in [0.2, 0.25) is 0 Å². The molecule has 1 N–H and O–H groups in total. The largest absolute Gasteiger partial charge is 0.411 e. The molecule has 0 aliphatic carbocycles. The van der Waals surface area contributed by atoms with Gasteiger partial charge in [0.15, 0.2) is 0 Å². The molecule has 0 aromatic rings. The third-order valence-corrected chi connectivity index (χ3v) is 3.06. The van der Waals surface area contributed by atoms with E-state index in [2.05, 4.69) is 10.1 Å². The molecule has 1 atom stereocenters. The number of oxime groups is 1. The first-order chi connectivity index (χ1) is 6.88. The lowest BCUT2D eigenvalue weighted by molar-refractivity contribution is 0.0953. The van der Waals surface area contributed by atoms with E-state index in [1.54, 1.807) is 0 Å². The highest BCUT2D eigenvalue weighted by Gasteiger charge is 2.21. The summed E-state index contributed by atoms with van der Waals surface area (Å²) < 4.78 is 5.56. The summed E-state index contributed by atoms with van der Waals surface area (Å²) in [6, 6.07) is 0. The van der Waals surface area contributed by atoms with Crippen molar-refractivity contribution in [2.24, 2.45) is 5.16 Å². The van der Waals surface area contributed by atoms with Crippen molar-refractivity contribution in [1.82, 2.24) is 4.90 Å². The van der Waals surface area contributed by atoms with Crippen molar-refractivity contribution in [2.75, 3.05) is 26.2 Å². The molecule has 80 valence electrons. The molecule has 0 spiro atoms. The van der Waals surface area contributed by atoms with Gasteiger partial charge < -0.3 is 9.94 Å². The highest BCUT2D eigenvalue weighted by molar-refractivity contribution is 5.87. The molecule has 2 rings (SSSR count). The van der Waals surface area contributed by atoms with Crippen LogP contribution in [0.2, 0.25) is 0 Å². The number of likely N-dealkylation sites (tertiary alicyclic amines) is 1. The van der Waals surface area contributed by atoms with E-state index >= 15 is 0 Å². The van der Waals surface area contributed by atoms with E-state index in [0.29, 0.717) is 6.10 Å². The fourth-order valence-corrected chi connectivity index (χ4v) is 2.17. The maximum atomic E-state index is 8.60. The van der Waals surface area contributed by atoms with Crippen LogP contribution < -0.4 is 0 Å². The van der Waals surface area contributed by atoms with Crippen LogP contribution >= 0.6 is 0 Å². The van der Waals surface area contributed by atoms with Crippen LogP contribution in [0.5, 0.6) is 0 Å². The van der Waals surface area contributed by atoms with Crippen molar-refractivity contribution in [3.8, 4) is 0 Å². The first-order valence-electron chi connectivity index (χ1n) is 5.42. The molecule has 4 heteroatoms. The Hall–Kier alpha value is -0.610. The Morgan fingerprint density at radius 2 is 2.50 bits per heavy atom. The average molecular weight is 198 g/mol. The molecule has 0 amide bonds. The highest BCUT2D eigenvalue weighted by Crippen LogP contribution is 2.16. The van der Waals surface area contributed by atoms with Crippen LogP contribution in [0.3, 0.4) is 0 Å². The number of rotatable bonds is 3. The van der Waals surface area contributed by atoms with Crippen molar-refractivity contribution >= 4 is 5.71 Å². The Kier molecular flexibility index (Phi) is 3.37. The van der Waals surface area contributed by atoms with Gasteiger partial charge in [0.25, 0.3) is 0 Å². The lowest BCUT2D eigenvalue weighted by Gasteiger charge is -2.16. The summed E-state index contributed by atoms with van der Waals surface area (Å²) in [5, 5.41) is 11.9. The Bertz CT molecular complexity index is 212. The van der Waals surface area contributed by atoms with E-state index in [-0.39, 0.29) is 0 Å². The van der Waals surface area contributed by atoms with Crippen LogP contribution in [0.1, 0.15) is 25.7 Å². The second-order valence-corrected chi connectivity index (χ2v) is 4.12. The smallest absolute Gasteiger partial charge is 0.0723 e. The molecule has 0 radical (unpaired) electrons. The molecule has 14 heavy (non-hydrogen) atoms. The molecule has 0 bridgehead atoms. The van der Waals surface area contributed by atoms with E-state index in [1.807, 2.05) is 0 Å². The predicted molar refractivity (Wildman–Crippen MR) is 53.9 cm³/mol. The van der Waals surface area contributed by atoms with E-state index in [0.717, 1.165) is 44.8 Å². The number of ether oxygens (including phenoxy) is 1. The van der Waals surface area contributed by atoms with Gasteiger partial charge >= 0.3 is 0 Å². The zero-order chi connectivity index (χ0) is 9.80. The van der Waals surface area contributed by atoms with E-state index in [1.165, 1.54) is 12.8 Å². The van der Waals surface area contributed by atoms with Crippen LogP contribution in [0.15, 0.2) is 5.16 Å². The molecule has 2 saturated heterocycles. The Morgan fingerprint density at radius 3 is 3.14 bits per heavy atom. The second kappa shape index (κ2) is 4.75. The Morgan fingerprint density at radius 1 is 1.57 bits per heavy atom. The van der Waals surface area contributed by atoms with Gasteiger partial charge in [0.05, 0.1) is 11.8 Å². The van der Waals surface area contributed by atoms with Gasteiger partial charge in [-0.3, -0.25) is 4.90 Å². The Labute approximate surface area is 84.5 Å². The maximum Gasteiger partial charge on any atom is 0.0723 e. The molecule has 1 unspecified atom stereocenters. The summed E-state index contributed by atoms with van der Waals surface area (Å²) in [5.74, 6) is 0. The summed E-state index contributed by atoms with van der Waals surface area (Å²) in [6.07, 6.45) is 4.95. The van der Waals surface area contributed by atoms with Crippen LogP contribution in [0.4, 0.5) is 0 Å². The minimum atomic E-state index is 0.477. The molecule has 2 heterocycles. The molecule has 2 aliphatic heterocycles. The summed E-state index contributed by atoms with van der Waals surface area (Å²) in [7, 11) is 0. The molecular formula is C10H18N2O2. The van der Waals surface area contributed by atoms with E-state index < -0.39 is 0 Å². The number of nitrogens with zero attached hydrogens (tertiary/aromatic N) is 2. The van der Waals surface area contributed by atoms with Crippen LogP contribution in [0, 0.1) is 0 Å². The molecule has 4 nitrogen and oxygen atoms in total. The van der Waals surface area contributed by atoms with Crippen molar-refractivity contribution in [2.45, 2.75) is 31.8 Å². The quantitative estimate of drug-likeness (QED) is 0.545. The fraction of sp³-hybridized carbons (Fsp3) is 0.900. The standard InChI is InChI=1S/C10H18N2O2/c13-11-9-3-5-12(8-9)6-4-10-2-1-7-14-10/h10,13H,1-8H2/b11-9+. The molecule has 2 fully saturated rings. The van der Waals surface area contributed by atoms with Crippen molar-refractivity contribution in [3.63, 3.8) is 0 Å². The molecule has 2 aliphatic rings. The van der Waals surface area contributed by atoms with E-state index in [9.17, 15) is 0 Å². The summed E-state index contributed by atoms with van der Waals surface area (Å²) in [4.78, 5) is 2.33. The minimum absolute atomic E-state index is 0.477. The fourth-order valence-electron chi connectivity index (χ4n) is 2.17.